The molecule has 0 saturated carbocycles. The summed E-state index contributed by atoms with van der Waals surface area (Å²) >= 11 is 1.49. The average Bonchev–Trinajstić information content (AvgIpc) is 3.08. The van der Waals surface area contributed by atoms with E-state index in [0.29, 0.717) is 5.56 Å². The summed E-state index contributed by atoms with van der Waals surface area (Å²) in [7, 11) is 1.50. The number of ether oxygens (including phenoxy) is 1. The van der Waals surface area contributed by atoms with Gasteiger partial charge in [-0.15, -0.1) is 0 Å². The first-order chi connectivity index (χ1) is 11.1. The van der Waals surface area contributed by atoms with Crippen molar-refractivity contribution in [2.45, 2.75) is 19.3 Å². The van der Waals surface area contributed by atoms with Crippen molar-refractivity contribution in [3.05, 3.63) is 57.5 Å². The van der Waals surface area contributed by atoms with Gasteiger partial charge >= 0.3 is 6.03 Å². The number of hydrogen-bond donors (Lipinski definition) is 3. The molecule has 1 aromatic heterocycles. The molecule has 0 spiro atoms. The predicted octanol–water partition coefficient (Wildman–Crippen LogP) is 2.57. The number of carbonyl (C=O) groups is 1. The maximum absolute atomic E-state index is 13.5. The van der Waals surface area contributed by atoms with Gasteiger partial charge in [0.05, 0.1) is 12.7 Å². The van der Waals surface area contributed by atoms with E-state index in [1.807, 2.05) is 16.8 Å². The summed E-state index contributed by atoms with van der Waals surface area (Å²) in [6.45, 7) is 0.566. The van der Waals surface area contributed by atoms with Gasteiger partial charge in [-0.2, -0.15) is 11.3 Å². The molecule has 1 heterocycles. The molecule has 2 aromatic rings. The van der Waals surface area contributed by atoms with E-state index in [0.717, 1.165) is 11.1 Å². The number of benzene rings is 1. The van der Waals surface area contributed by atoms with Crippen molar-refractivity contribution < 1.29 is 19.0 Å². The van der Waals surface area contributed by atoms with Gasteiger partial charge in [0.25, 0.3) is 0 Å². The van der Waals surface area contributed by atoms with Crippen molar-refractivity contribution in [2.75, 3.05) is 13.7 Å². The molecule has 1 atom stereocenters. The second-order valence-corrected chi connectivity index (χ2v) is 5.77. The summed E-state index contributed by atoms with van der Waals surface area (Å²) in [5, 5.41) is 18.8. The van der Waals surface area contributed by atoms with Gasteiger partial charge in [-0.05, 0) is 40.1 Å². The number of halogens is 1. The molecule has 1 aromatic carbocycles. The van der Waals surface area contributed by atoms with Gasteiger partial charge in [0.1, 0.15) is 5.82 Å². The molecular weight excluding hydrogens is 319 g/mol. The molecule has 5 nitrogen and oxygen atoms in total. The highest BCUT2D eigenvalue weighted by molar-refractivity contribution is 7.07. The summed E-state index contributed by atoms with van der Waals surface area (Å²) in [6.07, 6.45) is -0.730. The SMILES string of the molecule is COCc1cc(CNC(=O)NCC(O)c2ccsc2)ccc1F. The average molecular weight is 338 g/mol. The first kappa shape index (κ1) is 17.4. The van der Waals surface area contributed by atoms with Gasteiger partial charge < -0.3 is 20.5 Å². The lowest BCUT2D eigenvalue weighted by molar-refractivity contribution is 0.173. The molecule has 3 N–H and O–H groups in total. The Morgan fingerprint density at radius 3 is 2.91 bits per heavy atom. The summed E-state index contributed by atoms with van der Waals surface area (Å²) in [6, 6.07) is 6.03. The Morgan fingerprint density at radius 2 is 2.22 bits per heavy atom. The van der Waals surface area contributed by atoms with Crippen LogP contribution in [0.4, 0.5) is 9.18 Å². The molecule has 0 aliphatic heterocycles. The Kier molecular flexibility index (Phi) is 6.52. The van der Waals surface area contributed by atoms with Crippen LogP contribution in [0.15, 0.2) is 35.0 Å². The number of hydrogen-bond acceptors (Lipinski definition) is 4. The minimum absolute atomic E-state index is 0.126. The number of aliphatic hydroxyl groups excluding tert-OH is 1. The Hall–Kier alpha value is -1.96. The zero-order valence-corrected chi connectivity index (χ0v) is 13.5. The van der Waals surface area contributed by atoms with Crippen LogP contribution in [0.5, 0.6) is 0 Å². The normalized spacial score (nSPS) is 12.0. The number of carbonyl (C=O) groups excluding carboxylic acids is 1. The Balaban J connectivity index is 1.79. The van der Waals surface area contributed by atoms with Crippen LogP contribution in [-0.4, -0.2) is 24.8 Å². The van der Waals surface area contributed by atoms with Gasteiger partial charge in [0, 0.05) is 25.8 Å². The van der Waals surface area contributed by atoms with Crippen LogP contribution in [0.3, 0.4) is 0 Å². The molecule has 2 rings (SSSR count). The van der Waals surface area contributed by atoms with Crippen LogP contribution in [0.1, 0.15) is 22.8 Å². The molecule has 7 heteroatoms. The van der Waals surface area contributed by atoms with E-state index < -0.39 is 12.1 Å². The van der Waals surface area contributed by atoms with Crippen LogP contribution in [0.2, 0.25) is 0 Å². The van der Waals surface area contributed by atoms with E-state index in [1.165, 1.54) is 24.5 Å². The topological polar surface area (TPSA) is 70.6 Å². The smallest absolute Gasteiger partial charge is 0.315 e. The molecule has 0 radical (unpaired) electrons. The highest BCUT2D eigenvalue weighted by atomic mass is 32.1. The zero-order chi connectivity index (χ0) is 16.7. The van der Waals surface area contributed by atoms with E-state index in [2.05, 4.69) is 10.6 Å². The minimum atomic E-state index is -0.730. The summed E-state index contributed by atoms with van der Waals surface area (Å²) in [5.41, 5.74) is 1.99. The Labute approximate surface area is 138 Å². The van der Waals surface area contributed by atoms with Crippen LogP contribution < -0.4 is 10.6 Å². The summed E-state index contributed by atoms with van der Waals surface area (Å²) in [5.74, 6) is -0.334. The summed E-state index contributed by atoms with van der Waals surface area (Å²) in [4.78, 5) is 11.7. The minimum Gasteiger partial charge on any atom is -0.387 e. The van der Waals surface area contributed by atoms with Gasteiger partial charge in [-0.3, -0.25) is 0 Å². The number of aliphatic hydroxyl groups is 1. The number of urea groups is 1. The molecule has 124 valence electrons. The van der Waals surface area contributed by atoms with E-state index in [-0.39, 0.29) is 25.5 Å². The fraction of sp³-hybridized carbons (Fsp3) is 0.312. The third-order valence-electron chi connectivity index (χ3n) is 3.25. The fourth-order valence-electron chi connectivity index (χ4n) is 2.02. The largest absolute Gasteiger partial charge is 0.387 e. The van der Waals surface area contributed by atoms with Crippen LogP contribution in [0, 0.1) is 5.82 Å². The Bertz CT molecular complexity index is 634. The number of thiophene rings is 1. The third-order valence-corrected chi connectivity index (χ3v) is 3.95. The molecular formula is C16H19FN2O3S. The first-order valence-corrected chi connectivity index (χ1v) is 8.02. The van der Waals surface area contributed by atoms with Crippen molar-refractivity contribution in [3.8, 4) is 0 Å². The first-order valence-electron chi connectivity index (χ1n) is 7.08. The molecule has 0 aliphatic rings. The standard InChI is InChI=1S/C16H19FN2O3S/c1-22-9-13-6-11(2-3-14(13)17)7-18-16(21)19-8-15(20)12-4-5-23-10-12/h2-6,10,15,20H,7-9H2,1H3,(H2,18,19,21). The lowest BCUT2D eigenvalue weighted by Crippen LogP contribution is -2.37. The quantitative estimate of drug-likeness (QED) is 0.727. The molecule has 0 fully saturated rings. The second kappa shape index (κ2) is 8.61. The molecule has 2 amide bonds. The van der Waals surface area contributed by atoms with E-state index in [1.54, 1.807) is 12.1 Å². The Morgan fingerprint density at radius 1 is 1.39 bits per heavy atom. The molecule has 0 saturated heterocycles. The summed E-state index contributed by atoms with van der Waals surface area (Å²) < 4.78 is 18.4. The number of amides is 2. The van der Waals surface area contributed by atoms with Crippen LogP contribution in [0.25, 0.3) is 0 Å². The fourth-order valence-corrected chi connectivity index (χ4v) is 2.73. The molecule has 0 bridgehead atoms. The van der Waals surface area contributed by atoms with Gasteiger partial charge in [-0.1, -0.05) is 6.07 Å². The predicted molar refractivity (Wildman–Crippen MR) is 86.6 cm³/mol. The van der Waals surface area contributed by atoms with Crippen molar-refractivity contribution in [1.29, 1.82) is 0 Å². The van der Waals surface area contributed by atoms with Gasteiger partial charge in [0.2, 0.25) is 0 Å². The highest BCUT2D eigenvalue weighted by Gasteiger charge is 2.10. The third kappa shape index (κ3) is 5.31. The molecule has 0 aliphatic carbocycles. The van der Waals surface area contributed by atoms with Crippen LogP contribution >= 0.6 is 11.3 Å². The van der Waals surface area contributed by atoms with E-state index in [4.69, 9.17) is 4.74 Å². The lowest BCUT2D eigenvalue weighted by atomic mass is 10.1. The number of nitrogens with one attached hydrogen (secondary N) is 2. The van der Waals surface area contributed by atoms with Gasteiger partial charge in [0.15, 0.2) is 0 Å². The van der Waals surface area contributed by atoms with Crippen molar-refractivity contribution in [3.63, 3.8) is 0 Å². The number of rotatable bonds is 7. The molecule has 1 unspecified atom stereocenters. The molecule has 23 heavy (non-hydrogen) atoms. The lowest BCUT2D eigenvalue weighted by Gasteiger charge is -2.12. The van der Waals surface area contributed by atoms with Crippen molar-refractivity contribution >= 4 is 17.4 Å². The number of methoxy groups -OCH3 is 1. The maximum atomic E-state index is 13.5. The van der Waals surface area contributed by atoms with Crippen molar-refractivity contribution in [2.24, 2.45) is 0 Å². The van der Waals surface area contributed by atoms with Crippen LogP contribution in [-0.2, 0) is 17.9 Å². The second-order valence-electron chi connectivity index (χ2n) is 4.99. The van der Waals surface area contributed by atoms with Gasteiger partial charge in [-0.25, -0.2) is 9.18 Å². The zero-order valence-electron chi connectivity index (χ0n) is 12.7. The van der Waals surface area contributed by atoms with Crippen molar-refractivity contribution in [1.82, 2.24) is 10.6 Å². The monoisotopic (exact) mass is 338 g/mol. The van der Waals surface area contributed by atoms with E-state index in [9.17, 15) is 14.3 Å². The maximum Gasteiger partial charge on any atom is 0.315 e. The highest BCUT2D eigenvalue weighted by Crippen LogP contribution is 2.15. The van der Waals surface area contributed by atoms with E-state index >= 15 is 0 Å².